The van der Waals surface area contributed by atoms with Gasteiger partial charge in [-0.25, -0.2) is 0 Å². The Morgan fingerprint density at radius 3 is 2.68 bits per heavy atom. The summed E-state index contributed by atoms with van der Waals surface area (Å²) in [5.74, 6) is 1.20. The second-order valence-corrected chi connectivity index (χ2v) is 10.1. The lowest BCUT2D eigenvalue weighted by molar-refractivity contribution is -0.188. The van der Waals surface area contributed by atoms with Crippen LogP contribution >= 0.6 is 0 Å². The predicted molar refractivity (Wildman–Crippen MR) is 107 cm³/mol. The van der Waals surface area contributed by atoms with Gasteiger partial charge in [-0.1, -0.05) is 19.0 Å². The zero-order valence-corrected chi connectivity index (χ0v) is 17.3. The molecule has 0 amide bonds. The Labute approximate surface area is 167 Å². The molecule has 0 bridgehead atoms. The molecule has 4 fully saturated rings. The normalized spacial score (nSPS) is 49.5. The first-order chi connectivity index (χ1) is 13.4. The minimum Gasteiger partial charge on any atom is -0.396 e. The van der Waals surface area contributed by atoms with E-state index in [-0.39, 0.29) is 41.1 Å². The van der Waals surface area contributed by atoms with Crippen molar-refractivity contribution in [2.75, 3.05) is 19.8 Å². The van der Waals surface area contributed by atoms with Gasteiger partial charge in [0.05, 0.1) is 11.8 Å². The quantitative estimate of drug-likeness (QED) is 0.502. The number of fused-ring (bicyclic) bond motifs is 5. The van der Waals surface area contributed by atoms with Gasteiger partial charge in [0.1, 0.15) is 12.4 Å². The summed E-state index contributed by atoms with van der Waals surface area (Å²) in [5.41, 5.74) is 6.30. The van der Waals surface area contributed by atoms with E-state index < -0.39 is 6.10 Å². The number of aliphatic hydroxyl groups excluding tert-OH is 2. The fraction of sp³-hybridized carbons (Fsp3) is 0.909. The third kappa shape index (κ3) is 2.86. The second-order valence-electron chi connectivity index (χ2n) is 10.1. The highest BCUT2D eigenvalue weighted by atomic mass is 16.6. The van der Waals surface area contributed by atoms with E-state index in [1.165, 1.54) is 0 Å². The number of carbonyl (C=O) groups excluding carboxylic acids is 1. The van der Waals surface area contributed by atoms with Gasteiger partial charge < -0.3 is 20.8 Å². The number of hydrogen-bond acceptors (Lipinski definition) is 6. The number of Topliss-reactive ketones (excluding diaryl/α,β-unsaturated/α-hetero) is 1. The van der Waals surface area contributed by atoms with Crippen LogP contribution in [0.1, 0.15) is 58.8 Å². The number of rotatable bonds is 4. The van der Waals surface area contributed by atoms with Crippen LogP contribution in [0.5, 0.6) is 0 Å². The van der Waals surface area contributed by atoms with Crippen molar-refractivity contribution in [3.8, 4) is 0 Å². The number of nitrogens with two attached hydrogens (primary N) is 1. The van der Waals surface area contributed by atoms with E-state index in [0.717, 1.165) is 44.2 Å². The monoisotopic (exact) mass is 392 g/mol. The fourth-order valence-electron chi connectivity index (χ4n) is 7.53. The average molecular weight is 393 g/mol. The number of aliphatic hydroxyl groups is 2. The molecule has 4 N–H and O–H groups in total. The Kier molecular flexibility index (Phi) is 5.34. The van der Waals surface area contributed by atoms with Gasteiger partial charge in [0, 0.05) is 30.9 Å². The van der Waals surface area contributed by atoms with E-state index in [0.29, 0.717) is 31.3 Å². The van der Waals surface area contributed by atoms with Crippen molar-refractivity contribution in [3.05, 3.63) is 0 Å². The Hall–Kier alpha value is -0.980. The lowest BCUT2D eigenvalue weighted by atomic mass is 9.42. The van der Waals surface area contributed by atoms with Gasteiger partial charge in [-0.2, -0.15) is 0 Å². The molecule has 4 rings (SSSR count). The van der Waals surface area contributed by atoms with Crippen molar-refractivity contribution in [3.63, 3.8) is 0 Å². The smallest absolute Gasteiger partial charge is 0.139 e. The zero-order valence-electron chi connectivity index (χ0n) is 17.3. The Balaban J connectivity index is 1.64. The first-order valence-electron chi connectivity index (χ1n) is 11.1. The zero-order chi connectivity index (χ0) is 20.1. The number of ketones is 1. The standard InChI is InChI=1S/C22H36N2O4/c1-21-7-5-13(24-28-10-9-23)11-17(21)14(12-25)20(27)19-15-3-4-18(26)22(15,2)8-6-16(19)21/h14-17,19-20,25,27H,3-12,23H2,1-2H3/t14?,15-,16+,17?,19-,20?,21+,22-/m0/s1. The highest BCUT2D eigenvalue weighted by Gasteiger charge is 2.64. The van der Waals surface area contributed by atoms with Gasteiger partial charge >= 0.3 is 0 Å². The predicted octanol–water partition coefficient (Wildman–Crippen LogP) is 2.12. The van der Waals surface area contributed by atoms with E-state index in [1.807, 2.05) is 0 Å². The molecular formula is C22H36N2O4. The maximum absolute atomic E-state index is 12.6. The number of carbonyl (C=O) groups is 1. The lowest BCUT2D eigenvalue weighted by Crippen LogP contribution is -2.62. The SMILES string of the molecule is C[C@]12CCC(=NOCCN)CC1C(CO)C(O)[C@@H]1[C@H]2CC[C@]2(C)C(=O)CC[C@@H]12. The van der Waals surface area contributed by atoms with E-state index in [9.17, 15) is 15.0 Å². The first-order valence-corrected chi connectivity index (χ1v) is 11.1. The van der Waals surface area contributed by atoms with Crippen LogP contribution in [0, 0.1) is 40.4 Å². The van der Waals surface area contributed by atoms with Gasteiger partial charge in [0.25, 0.3) is 0 Å². The summed E-state index contributed by atoms with van der Waals surface area (Å²) < 4.78 is 0. The average Bonchev–Trinajstić information content (AvgIpc) is 2.98. The molecule has 8 atom stereocenters. The van der Waals surface area contributed by atoms with Crippen LogP contribution in [0.2, 0.25) is 0 Å². The molecule has 0 aliphatic heterocycles. The summed E-state index contributed by atoms with van der Waals surface area (Å²) in [5, 5.41) is 26.0. The molecule has 6 heteroatoms. The molecule has 0 radical (unpaired) electrons. The van der Waals surface area contributed by atoms with Crippen molar-refractivity contribution in [1.82, 2.24) is 0 Å². The summed E-state index contributed by atoms with van der Waals surface area (Å²) in [6.45, 7) is 5.33. The molecule has 0 spiro atoms. The van der Waals surface area contributed by atoms with E-state index in [4.69, 9.17) is 10.6 Å². The van der Waals surface area contributed by atoms with E-state index in [1.54, 1.807) is 0 Å². The van der Waals surface area contributed by atoms with Crippen LogP contribution in [-0.2, 0) is 9.63 Å². The maximum atomic E-state index is 12.6. The molecule has 158 valence electrons. The molecule has 4 aliphatic carbocycles. The molecule has 0 aromatic rings. The van der Waals surface area contributed by atoms with Gasteiger partial charge in [0.15, 0.2) is 0 Å². The van der Waals surface area contributed by atoms with Gasteiger partial charge in [0.2, 0.25) is 0 Å². The molecular weight excluding hydrogens is 356 g/mol. The molecule has 0 heterocycles. The Morgan fingerprint density at radius 1 is 1.18 bits per heavy atom. The van der Waals surface area contributed by atoms with Crippen LogP contribution in [0.4, 0.5) is 0 Å². The molecule has 28 heavy (non-hydrogen) atoms. The van der Waals surface area contributed by atoms with Crippen molar-refractivity contribution in [2.24, 2.45) is 51.3 Å². The van der Waals surface area contributed by atoms with Crippen LogP contribution in [0.3, 0.4) is 0 Å². The van der Waals surface area contributed by atoms with Gasteiger partial charge in [-0.05, 0) is 67.6 Å². The molecule has 6 nitrogen and oxygen atoms in total. The van der Waals surface area contributed by atoms with Crippen molar-refractivity contribution >= 4 is 11.5 Å². The topological polar surface area (TPSA) is 105 Å². The van der Waals surface area contributed by atoms with Crippen LogP contribution in [0.25, 0.3) is 0 Å². The number of hydrogen-bond donors (Lipinski definition) is 3. The largest absolute Gasteiger partial charge is 0.396 e. The summed E-state index contributed by atoms with van der Waals surface area (Å²) in [6.07, 6.45) is 5.61. The summed E-state index contributed by atoms with van der Waals surface area (Å²) in [4.78, 5) is 17.9. The summed E-state index contributed by atoms with van der Waals surface area (Å²) in [6, 6.07) is 0. The van der Waals surface area contributed by atoms with Crippen LogP contribution in [0.15, 0.2) is 5.16 Å². The van der Waals surface area contributed by atoms with Gasteiger partial charge in [-0.15, -0.1) is 0 Å². The van der Waals surface area contributed by atoms with Crippen LogP contribution < -0.4 is 5.73 Å². The Morgan fingerprint density at radius 2 is 1.96 bits per heavy atom. The minimum absolute atomic E-state index is 0.0149. The molecule has 4 saturated carbocycles. The van der Waals surface area contributed by atoms with E-state index >= 15 is 0 Å². The van der Waals surface area contributed by atoms with Crippen molar-refractivity contribution in [1.29, 1.82) is 0 Å². The fourth-order valence-corrected chi connectivity index (χ4v) is 7.53. The summed E-state index contributed by atoms with van der Waals surface area (Å²) in [7, 11) is 0. The first kappa shape index (κ1) is 20.3. The Bertz CT molecular complexity index is 652. The highest BCUT2D eigenvalue weighted by molar-refractivity contribution is 5.87. The third-order valence-electron chi connectivity index (χ3n) is 9.11. The lowest BCUT2D eigenvalue weighted by Gasteiger charge is -2.63. The molecule has 0 saturated heterocycles. The van der Waals surface area contributed by atoms with Crippen LogP contribution in [-0.4, -0.2) is 47.6 Å². The number of oxime groups is 1. The molecule has 3 unspecified atom stereocenters. The maximum Gasteiger partial charge on any atom is 0.139 e. The van der Waals surface area contributed by atoms with Crippen molar-refractivity contribution < 1.29 is 19.8 Å². The highest BCUT2D eigenvalue weighted by Crippen LogP contribution is 2.66. The van der Waals surface area contributed by atoms with E-state index in [2.05, 4.69) is 19.0 Å². The number of nitrogens with zero attached hydrogens (tertiary/aromatic N) is 1. The molecule has 0 aromatic heterocycles. The van der Waals surface area contributed by atoms with Crippen molar-refractivity contribution in [2.45, 2.75) is 64.9 Å². The molecule has 4 aliphatic rings. The summed E-state index contributed by atoms with van der Waals surface area (Å²) >= 11 is 0. The minimum atomic E-state index is -0.548. The molecule has 0 aromatic carbocycles. The second kappa shape index (κ2) is 7.37. The van der Waals surface area contributed by atoms with Gasteiger partial charge in [-0.3, -0.25) is 4.79 Å². The third-order valence-corrected chi connectivity index (χ3v) is 9.11.